The van der Waals surface area contributed by atoms with E-state index >= 15 is 9.59 Å². The van der Waals surface area contributed by atoms with Crippen LogP contribution in [0.4, 0.5) is 17.1 Å². The van der Waals surface area contributed by atoms with E-state index in [0.717, 1.165) is 49.7 Å². The number of benzene rings is 3. The topological polar surface area (TPSA) is 84.1 Å². The number of carbonyl (C=O) groups is 2. The minimum Gasteiger partial charge on any atom is -0.459 e. The number of hydrogen-bond acceptors (Lipinski definition) is 4. The number of carbonyl (C=O) groups excluding carboxylic acids is 2. The van der Waals surface area contributed by atoms with Crippen LogP contribution in [0, 0.1) is 42.1 Å². The maximum Gasteiger partial charge on any atom is 0.331 e. The molecule has 3 aliphatic carbocycles. The lowest BCUT2D eigenvalue weighted by molar-refractivity contribution is -0.119. The van der Waals surface area contributed by atoms with E-state index in [1.165, 1.54) is 38.5 Å². The van der Waals surface area contributed by atoms with E-state index in [-0.39, 0.29) is 51.4 Å². The minimum absolute atomic E-state index is 0.0453. The van der Waals surface area contributed by atoms with Crippen LogP contribution < -0.4 is 4.90 Å². The number of hydrogen-bond donors (Lipinski definition) is 1. The summed E-state index contributed by atoms with van der Waals surface area (Å²) in [6, 6.07) is 26.8. The number of amides is 1. The van der Waals surface area contributed by atoms with E-state index in [4.69, 9.17) is 16.3 Å². The average Bonchev–Trinajstić information content (AvgIpc) is 3.77. The van der Waals surface area contributed by atoms with Gasteiger partial charge in [-0.1, -0.05) is 126 Å². The zero-order valence-electron chi connectivity index (χ0n) is 33.4. The second-order valence-corrected chi connectivity index (χ2v) is 17.7. The summed E-state index contributed by atoms with van der Waals surface area (Å²) in [6.07, 6.45) is 13.6. The molecule has 0 radical (unpaired) electrons. The van der Waals surface area contributed by atoms with Crippen molar-refractivity contribution in [3.8, 4) is 11.4 Å². The fourth-order valence-corrected chi connectivity index (χ4v) is 10.7. The van der Waals surface area contributed by atoms with E-state index in [9.17, 15) is 0 Å². The lowest BCUT2D eigenvalue weighted by Gasteiger charge is -2.55. The molecule has 56 heavy (non-hydrogen) atoms. The van der Waals surface area contributed by atoms with Crippen LogP contribution in [0.15, 0.2) is 84.9 Å². The van der Waals surface area contributed by atoms with Crippen LogP contribution in [0.5, 0.6) is 0 Å². The van der Waals surface area contributed by atoms with Crippen molar-refractivity contribution in [2.45, 2.75) is 111 Å². The van der Waals surface area contributed by atoms with E-state index < -0.39 is 11.9 Å². The molecule has 0 spiro atoms. The number of aromatic nitrogens is 3. The summed E-state index contributed by atoms with van der Waals surface area (Å²) >= 11 is 0. The summed E-state index contributed by atoms with van der Waals surface area (Å²) in [5.41, 5.74) is 3.61. The van der Waals surface area contributed by atoms with E-state index in [2.05, 4.69) is 30.7 Å². The Morgan fingerprint density at radius 3 is 1.82 bits per heavy atom. The number of nitrogens with zero attached hydrogens (tertiary/aromatic N) is 4. The number of nitrogens with one attached hydrogen (secondary N) is 1. The van der Waals surface area contributed by atoms with Gasteiger partial charge in [0.2, 0.25) is 5.69 Å². The standard InChI is InChI=1S/C48H55N5O3/c1-32-22-24-34(25-23-32)43-50-44-39(40(49-5)41(53(44)51-43)45(54)52(35-18-10-6-11-19-35)36-20-12-7-13-21-36)46(55)56-42-37(47(3)26-14-8-15-27-47)30-33(2)31-38(42)48(4)28-16-9-17-29-48/h6-7,10-13,18-25,33,37-38,42H,8-9,14-17,26-31H2,1-4H3,(H,50,51). The number of rotatable bonds is 8. The zero-order valence-corrected chi connectivity index (χ0v) is 33.4. The van der Waals surface area contributed by atoms with E-state index in [1.54, 1.807) is 9.42 Å². The van der Waals surface area contributed by atoms with Gasteiger partial charge >= 0.3 is 5.97 Å². The Kier molecular flexibility index (Phi) is 10.4. The molecule has 1 N–H and O–H groups in total. The Hall–Kier alpha value is -5.16. The van der Waals surface area contributed by atoms with Gasteiger partial charge in [0.05, 0.1) is 6.57 Å². The number of esters is 1. The molecule has 2 atom stereocenters. The highest BCUT2D eigenvalue weighted by Gasteiger charge is 2.53. The minimum atomic E-state index is -0.561. The third kappa shape index (κ3) is 6.95. The normalized spacial score (nSPS) is 23.3. The summed E-state index contributed by atoms with van der Waals surface area (Å²) in [7, 11) is 0. The molecule has 2 aromatic heterocycles. The molecular weight excluding hydrogens is 695 g/mol. The molecule has 8 nitrogen and oxygen atoms in total. The fraction of sp³-hybridized carbons (Fsp3) is 0.458. The predicted octanol–water partition coefficient (Wildman–Crippen LogP) is 12.3. The van der Waals surface area contributed by atoms with Crippen molar-refractivity contribution in [2.24, 2.45) is 28.6 Å². The summed E-state index contributed by atoms with van der Waals surface area (Å²) in [5.74, 6) is 0.444. The average molecular weight is 750 g/mol. The first-order valence-electron chi connectivity index (χ1n) is 20.8. The third-order valence-corrected chi connectivity index (χ3v) is 13.8. The quantitative estimate of drug-likeness (QED) is 0.126. The molecule has 3 saturated carbocycles. The van der Waals surface area contributed by atoms with Crippen molar-refractivity contribution in [3.63, 3.8) is 0 Å². The number of aromatic amines is 1. The summed E-state index contributed by atoms with van der Waals surface area (Å²) < 4.78 is 8.56. The van der Waals surface area contributed by atoms with Crippen molar-refractivity contribution in [3.05, 3.63) is 113 Å². The number of aryl methyl sites for hydroxylation is 1. The van der Waals surface area contributed by atoms with Gasteiger partial charge < -0.3 is 4.74 Å². The molecule has 290 valence electrons. The van der Waals surface area contributed by atoms with Gasteiger partial charge in [-0.2, -0.15) is 0 Å². The Labute approximate surface area is 331 Å². The van der Waals surface area contributed by atoms with E-state index in [0.29, 0.717) is 23.1 Å². The SMILES string of the molecule is [C-]#[N+]c1c(C(=O)OC2C(C3(C)CCCCC3)CC(C)CC2C2(C)CCCCC2)c2nc(-c3ccc(C)cc3)[nH]n2c1C(=O)N(c1ccccc1)c1ccccc1. The van der Waals surface area contributed by atoms with Crippen LogP contribution in [-0.4, -0.2) is 32.6 Å². The number of para-hydroxylation sites is 2. The highest BCUT2D eigenvalue weighted by atomic mass is 16.5. The summed E-state index contributed by atoms with van der Waals surface area (Å²) in [6.45, 7) is 17.9. The lowest BCUT2D eigenvalue weighted by Crippen LogP contribution is -2.52. The first-order chi connectivity index (χ1) is 27.1. The molecule has 3 aromatic carbocycles. The van der Waals surface area contributed by atoms with Gasteiger partial charge in [-0.05, 0) is 86.5 Å². The van der Waals surface area contributed by atoms with Gasteiger partial charge in [0.25, 0.3) is 5.91 Å². The molecule has 2 heterocycles. The Morgan fingerprint density at radius 2 is 1.32 bits per heavy atom. The highest BCUT2D eigenvalue weighted by Crippen LogP contribution is 2.57. The maximum absolute atomic E-state index is 15.2. The van der Waals surface area contributed by atoms with Crippen LogP contribution in [0.25, 0.3) is 21.9 Å². The predicted molar refractivity (Wildman–Crippen MR) is 222 cm³/mol. The van der Waals surface area contributed by atoms with Gasteiger partial charge in [0, 0.05) is 28.8 Å². The molecule has 0 bridgehead atoms. The summed E-state index contributed by atoms with van der Waals surface area (Å²) in [5, 5.41) is 3.34. The maximum atomic E-state index is 15.2. The monoisotopic (exact) mass is 749 g/mol. The van der Waals surface area contributed by atoms with Gasteiger partial charge in [-0.15, -0.1) is 0 Å². The first-order valence-corrected chi connectivity index (χ1v) is 20.8. The highest BCUT2D eigenvalue weighted by molar-refractivity contribution is 6.17. The molecule has 1 amide bonds. The Balaban J connectivity index is 1.28. The first kappa shape index (κ1) is 37.7. The van der Waals surface area contributed by atoms with Crippen LogP contribution in [-0.2, 0) is 4.74 Å². The van der Waals surface area contributed by atoms with Crippen LogP contribution in [0.2, 0.25) is 0 Å². The molecule has 3 fully saturated rings. The summed E-state index contributed by atoms with van der Waals surface area (Å²) in [4.78, 5) is 41.0. The fourth-order valence-electron chi connectivity index (χ4n) is 10.7. The van der Waals surface area contributed by atoms with Gasteiger partial charge in [0.15, 0.2) is 11.5 Å². The lowest BCUT2D eigenvalue weighted by atomic mass is 9.52. The number of fused-ring (bicyclic) bond motifs is 1. The molecule has 0 aliphatic heterocycles. The molecule has 8 rings (SSSR count). The molecule has 8 heteroatoms. The number of H-pyrrole nitrogens is 1. The number of ether oxygens (including phenoxy) is 1. The van der Waals surface area contributed by atoms with Crippen molar-refractivity contribution >= 4 is 34.6 Å². The van der Waals surface area contributed by atoms with Gasteiger partial charge in [0.1, 0.15) is 17.4 Å². The second kappa shape index (κ2) is 15.4. The Bertz CT molecular complexity index is 2150. The smallest absolute Gasteiger partial charge is 0.331 e. The van der Waals surface area contributed by atoms with Crippen LogP contribution in [0.1, 0.15) is 124 Å². The molecule has 0 saturated heterocycles. The van der Waals surface area contributed by atoms with Crippen LogP contribution in [0.3, 0.4) is 0 Å². The van der Waals surface area contributed by atoms with Crippen molar-refractivity contribution < 1.29 is 14.3 Å². The Morgan fingerprint density at radius 1 is 0.804 bits per heavy atom. The number of anilines is 2. The molecule has 3 aliphatic rings. The van der Waals surface area contributed by atoms with Gasteiger partial charge in [-0.3, -0.25) is 14.8 Å². The van der Waals surface area contributed by atoms with Crippen molar-refractivity contribution in [1.82, 2.24) is 14.6 Å². The largest absolute Gasteiger partial charge is 0.459 e. The molecular formula is C48H55N5O3. The van der Waals surface area contributed by atoms with Crippen molar-refractivity contribution in [1.29, 1.82) is 0 Å². The molecule has 2 unspecified atom stereocenters. The van der Waals surface area contributed by atoms with Crippen molar-refractivity contribution in [2.75, 3.05) is 4.90 Å². The zero-order chi connectivity index (χ0) is 39.0. The molecule has 5 aromatic rings. The van der Waals surface area contributed by atoms with Gasteiger partial charge in [-0.25, -0.2) is 19.1 Å². The second-order valence-electron chi connectivity index (χ2n) is 17.7. The van der Waals surface area contributed by atoms with E-state index in [1.807, 2.05) is 91.9 Å². The van der Waals surface area contributed by atoms with Crippen LogP contribution >= 0.6 is 0 Å². The third-order valence-electron chi connectivity index (χ3n) is 13.8.